The molecular weight excluding hydrogens is 374 g/mol. The van der Waals surface area contributed by atoms with Crippen molar-refractivity contribution in [2.75, 3.05) is 0 Å². The number of rotatable bonds is 4. The van der Waals surface area contributed by atoms with E-state index in [9.17, 15) is 10.5 Å². The van der Waals surface area contributed by atoms with Crippen LogP contribution in [0, 0.1) is 28.1 Å². The average molecular weight is 384 g/mol. The fourth-order valence-corrected chi connectivity index (χ4v) is 3.18. The lowest BCUT2D eigenvalue weighted by atomic mass is 9.79. The van der Waals surface area contributed by atoms with Gasteiger partial charge in [-0.2, -0.15) is 10.5 Å². The highest BCUT2D eigenvalue weighted by Crippen LogP contribution is 2.33. The SMILES string of the molecule is N#CC(C#N)(Cc1ccc(Cl)cc1Cl)Cc1ccc(Cl)cc1Cl. The van der Waals surface area contributed by atoms with Gasteiger partial charge >= 0.3 is 0 Å². The van der Waals surface area contributed by atoms with Crippen LogP contribution in [0.25, 0.3) is 0 Å². The second-order valence-electron chi connectivity index (χ2n) is 5.13. The molecule has 0 fully saturated rings. The maximum atomic E-state index is 9.58. The van der Waals surface area contributed by atoms with Gasteiger partial charge in [0, 0.05) is 32.9 Å². The Hall–Kier alpha value is -1.42. The van der Waals surface area contributed by atoms with E-state index in [-0.39, 0.29) is 12.8 Å². The van der Waals surface area contributed by atoms with Crippen molar-refractivity contribution in [3.63, 3.8) is 0 Å². The van der Waals surface area contributed by atoms with E-state index >= 15 is 0 Å². The first-order valence-electron chi connectivity index (χ1n) is 6.59. The minimum absolute atomic E-state index is 0.176. The molecule has 2 rings (SSSR count). The number of halogens is 4. The summed E-state index contributed by atoms with van der Waals surface area (Å²) in [6.45, 7) is 0. The van der Waals surface area contributed by atoms with Gasteiger partial charge in [-0.1, -0.05) is 58.5 Å². The molecule has 0 aliphatic rings. The van der Waals surface area contributed by atoms with Gasteiger partial charge in [-0.25, -0.2) is 0 Å². The van der Waals surface area contributed by atoms with Crippen molar-refractivity contribution < 1.29 is 0 Å². The first kappa shape index (κ1) is 17.9. The second kappa shape index (κ2) is 7.43. The van der Waals surface area contributed by atoms with Gasteiger partial charge in [0.1, 0.15) is 0 Å². The summed E-state index contributed by atoms with van der Waals surface area (Å²) in [5.41, 5.74) is 0.0862. The average Bonchev–Trinajstić information content (AvgIpc) is 2.51. The summed E-state index contributed by atoms with van der Waals surface area (Å²) in [4.78, 5) is 0. The first-order valence-corrected chi connectivity index (χ1v) is 8.11. The van der Waals surface area contributed by atoms with Crippen LogP contribution in [0.5, 0.6) is 0 Å². The quantitative estimate of drug-likeness (QED) is 0.638. The highest BCUT2D eigenvalue weighted by atomic mass is 35.5. The van der Waals surface area contributed by atoms with Gasteiger partial charge in [0.2, 0.25) is 0 Å². The molecule has 0 amide bonds. The third-order valence-electron chi connectivity index (χ3n) is 3.44. The van der Waals surface area contributed by atoms with Crippen molar-refractivity contribution >= 4 is 46.4 Å². The predicted molar refractivity (Wildman–Crippen MR) is 94.0 cm³/mol. The number of hydrogen-bond donors (Lipinski definition) is 0. The molecule has 0 aromatic heterocycles. The third-order valence-corrected chi connectivity index (χ3v) is 4.62. The van der Waals surface area contributed by atoms with Gasteiger partial charge in [-0.3, -0.25) is 0 Å². The van der Waals surface area contributed by atoms with Crippen molar-refractivity contribution in [1.82, 2.24) is 0 Å². The first-order chi connectivity index (χ1) is 10.9. The van der Waals surface area contributed by atoms with Crippen molar-refractivity contribution in [1.29, 1.82) is 10.5 Å². The van der Waals surface area contributed by atoms with Crippen LogP contribution in [-0.2, 0) is 12.8 Å². The van der Waals surface area contributed by atoms with Gasteiger partial charge < -0.3 is 0 Å². The summed E-state index contributed by atoms with van der Waals surface area (Å²) in [6.07, 6.45) is 0.351. The Morgan fingerprint density at radius 3 is 1.43 bits per heavy atom. The Labute approximate surface area is 154 Å². The molecule has 6 heteroatoms. The molecule has 2 aromatic rings. The Morgan fingerprint density at radius 1 is 0.739 bits per heavy atom. The van der Waals surface area contributed by atoms with Crippen LogP contribution in [0.4, 0.5) is 0 Å². The zero-order valence-corrected chi connectivity index (χ0v) is 14.8. The smallest absolute Gasteiger partial charge is 0.151 e. The Kier molecular flexibility index (Phi) is 5.79. The molecule has 0 unspecified atom stereocenters. The van der Waals surface area contributed by atoms with Crippen LogP contribution in [-0.4, -0.2) is 0 Å². The largest absolute Gasteiger partial charge is 0.197 e. The second-order valence-corrected chi connectivity index (χ2v) is 6.82. The molecule has 116 valence electrons. The van der Waals surface area contributed by atoms with Crippen molar-refractivity contribution in [3.8, 4) is 12.1 Å². The lowest BCUT2D eigenvalue weighted by Crippen LogP contribution is -2.23. The molecule has 0 aliphatic heterocycles. The van der Waals surface area contributed by atoms with E-state index in [2.05, 4.69) is 12.1 Å². The maximum Gasteiger partial charge on any atom is 0.151 e. The number of benzene rings is 2. The lowest BCUT2D eigenvalue weighted by Gasteiger charge is -2.20. The molecule has 23 heavy (non-hydrogen) atoms. The van der Waals surface area contributed by atoms with Crippen LogP contribution in [0.2, 0.25) is 20.1 Å². The molecule has 0 saturated carbocycles. The molecule has 0 spiro atoms. The van der Waals surface area contributed by atoms with Crippen LogP contribution in [0.15, 0.2) is 36.4 Å². The predicted octanol–water partition coefficient (Wildman–Crippen LogP) is 6.12. The van der Waals surface area contributed by atoms with Crippen molar-refractivity contribution in [2.45, 2.75) is 12.8 Å². The summed E-state index contributed by atoms with van der Waals surface area (Å²) in [7, 11) is 0. The minimum atomic E-state index is -1.28. The van der Waals surface area contributed by atoms with E-state index in [0.717, 1.165) is 0 Å². The van der Waals surface area contributed by atoms with Gasteiger partial charge in [-0.05, 0) is 35.4 Å². The summed E-state index contributed by atoms with van der Waals surface area (Å²) in [5.74, 6) is 0. The molecule has 0 N–H and O–H groups in total. The number of nitriles is 2. The highest BCUT2D eigenvalue weighted by molar-refractivity contribution is 6.35. The van der Waals surface area contributed by atoms with Gasteiger partial charge in [0.25, 0.3) is 0 Å². The fraction of sp³-hybridized carbons (Fsp3) is 0.176. The summed E-state index contributed by atoms with van der Waals surface area (Å²) in [6, 6.07) is 14.2. The standard InChI is InChI=1S/C17H10Cl4N2/c18-13-3-1-11(15(20)5-13)7-17(9-22,10-23)8-12-2-4-14(19)6-16(12)21/h1-6H,7-8H2. The van der Waals surface area contributed by atoms with E-state index in [1.807, 2.05) is 0 Å². The minimum Gasteiger partial charge on any atom is -0.197 e. The van der Waals surface area contributed by atoms with Crippen molar-refractivity contribution in [3.05, 3.63) is 67.6 Å². The van der Waals surface area contributed by atoms with E-state index in [0.29, 0.717) is 31.2 Å². The monoisotopic (exact) mass is 382 g/mol. The van der Waals surface area contributed by atoms with Crippen LogP contribution in [0.1, 0.15) is 11.1 Å². The molecule has 0 aliphatic carbocycles. The molecule has 2 nitrogen and oxygen atoms in total. The zero-order chi connectivity index (χ0) is 17.0. The molecule has 2 aromatic carbocycles. The van der Waals surface area contributed by atoms with Gasteiger partial charge in [0.15, 0.2) is 5.41 Å². The molecule has 0 heterocycles. The third kappa shape index (κ3) is 4.31. The zero-order valence-electron chi connectivity index (χ0n) is 11.8. The van der Waals surface area contributed by atoms with Gasteiger partial charge in [-0.15, -0.1) is 0 Å². The van der Waals surface area contributed by atoms with E-state index in [1.165, 1.54) is 0 Å². The normalized spacial score (nSPS) is 10.9. The summed E-state index contributed by atoms with van der Waals surface area (Å²) < 4.78 is 0. The van der Waals surface area contributed by atoms with E-state index in [1.54, 1.807) is 36.4 Å². The molecule has 0 atom stereocenters. The molecule has 0 radical (unpaired) electrons. The lowest BCUT2D eigenvalue weighted by molar-refractivity contribution is 0.515. The number of nitrogens with zero attached hydrogens (tertiary/aromatic N) is 2. The Balaban J connectivity index is 2.36. The Morgan fingerprint density at radius 2 is 1.13 bits per heavy atom. The number of hydrogen-bond acceptors (Lipinski definition) is 2. The van der Waals surface area contributed by atoms with Crippen molar-refractivity contribution in [2.24, 2.45) is 5.41 Å². The van der Waals surface area contributed by atoms with Crippen LogP contribution < -0.4 is 0 Å². The summed E-state index contributed by atoms with van der Waals surface area (Å²) >= 11 is 24.1. The van der Waals surface area contributed by atoms with E-state index in [4.69, 9.17) is 46.4 Å². The fourth-order valence-electron chi connectivity index (χ4n) is 2.23. The molecular formula is C17H10Cl4N2. The topological polar surface area (TPSA) is 47.6 Å². The Bertz CT molecular complexity index is 749. The summed E-state index contributed by atoms with van der Waals surface area (Å²) in [5, 5.41) is 21.0. The van der Waals surface area contributed by atoms with Gasteiger partial charge in [0.05, 0.1) is 12.1 Å². The molecule has 0 bridgehead atoms. The van der Waals surface area contributed by atoms with E-state index < -0.39 is 5.41 Å². The van der Waals surface area contributed by atoms with Crippen LogP contribution in [0.3, 0.4) is 0 Å². The van der Waals surface area contributed by atoms with Crippen LogP contribution >= 0.6 is 46.4 Å². The molecule has 0 saturated heterocycles. The maximum absolute atomic E-state index is 9.58. The highest BCUT2D eigenvalue weighted by Gasteiger charge is 2.32.